The average molecular weight is 210 g/mol. The molecule has 0 bridgehead atoms. The fourth-order valence-corrected chi connectivity index (χ4v) is 3.43. The van der Waals surface area contributed by atoms with Crippen LogP contribution in [-0.2, 0) is 0 Å². The van der Waals surface area contributed by atoms with E-state index in [-0.39, 0.29) is 0 Å². The first-order valence-corrected chi connectivity index (χ1v) is 6.66. The first-order chi connectivity index (χ1) is 7.22. The molecule has 0 aromatic rings. The fraction of sp³-hybridized carbons (Fsp3) is 1.00. The Kier molecular flexibility index (Phi) is 3.68. The van der Waals surface area contributed by atoms with Gasteiger partial charge < -0.3 is 5.73 Å². The lowest BCUT2D eigenvalue weighted by Gasteiger charge is -2.29. The second kappa shape index (κ2) is 4.84. The van der Waals surface area contributed by atoms with Crippen molar-refractivity contribution in [3.63, 3.8) is 0 Å². The van der Waals surface area contributed by atoms with E-state index in [2.05, 4.69) is 18.7 Å². The summed E-state index contributed by atoms with van der Waals surface area (Å²) in [5.41, 5.74) is 5.86. The molecule has 15 heavy (non-hydrogen) atoms. The minimum absolute atomic E-state index is 0.788. The third-order valence-corrected chi connectivity index (χ3v) is 4.59. The van der Waals surface area contributed by atoms with Crippen LogP contribution in [0.3, 0.4) is 0 Å². The Balaban J connectivity index is 1.89. The lowest BCUT2D eigenvalue weighted by Crippen LogP contribution is -2.39. The van der Waals surface area contributed by atoms with Gasteiger partial charge in [-0.25, -0.2) is 0 Å². The van der Waals surface area contributed by atoms with E-state index < -0.39 is 0 Å². The van der Waals surface area contributed by atoms with Crippen molar-refractivity contribution in [2.45, 2.75) is 45.6 Å². The van der Waals surface area contributed by atoms with Gasteiger partial charge in [0.1, 0.15) is 0 Å². The van der Waals surface area contributed by atoms with Crippen molar-refractivity contribution in [1.29, 1.82) is 0 Å². The zero-order valence-electron chi connectivity index (χ0n) is 10.3. The van der Waals surface area contributed by atoms with Crippen LogP contribution in [0.4, 0.5) is 0 Å². The minimum Gasteiger partial charge on any atom is -0.330 e. The SMILES string of the molecule is CC(C)C1CCN(C2CCCC2CN)C1. The predicted molar refractivity (Wildman–Crippen MR) is 64.7 cm³/mol. The molecule has 0 aromatic heterocycles. The standard InChI is InChI=1S/C13H26N2/c1-10(2)12-6-7-15(9-12)13-5-3-4-11(13)8-14/h10-13H,3-9,14H2,1-2H3. The summed E-state index contributed by atoms with van der Waals surface area (Å²) in [5.74, 6) is 2.58. The Morgan fingerprint density at radius 1 is 1.27 bits per heavy atom. The van der Waals surface area contributed by atoms with E-state index in [4.69, 9.17) is 5.73 Å². The fourth-order valence-electron chi connectivity index (χ4n) is 3.43. The van der Waals surface area contributed by atoms with Crippen molar-refractivity contribution in [3.8, 4) is 0 Å². The maximum Gasteiger partial charge on any atom is 0.0136 e. The zero-order valence-corrected chi connectivity index (χ0v) is 10.3. The number of rotatable bonds is 3. The topological polar surface area (TPSA) is 29.3 Å². The smallest absolute Gasteiger partial charge is 0.0136 e. The molecule has 1 saturated carbocycles. The van der Waals surface area contributed by atoms with E-state index in [9.17, 15) is 0 Å². The molecule has 2 rings (SSSR count). The van der Waals surface area contributed by atoms with Crippen LogP contribution >= 0.6 is 0 Å². The molecule has 2 N–H and O–H groups in total. The molecule has 1 aliphatic heterocycles. The first-order valence-electron chi connectivity index (χ1n) is 6.66. The molecule has 3 unspecified atom stereocenters. The molecular weight excluding hydrogens is 184 g/mol. The largest absolute Gasteiger partial charge is 0.330 e. The van der Waals surface area contributed by atoms with Crippen molar-refractivity contribution in [2.24, 2.45) is 23.5 Å². The van der Waals surface area contributed by atoms with Gasteiger partial charge in [-0.3, -0.25) is 4.90 Å². The Labute approximate surface area is 94.2 Å². The van der Waals surface area contributed by atoms with Crippen molar-refractivity contribution in [2.75, 3.05) is 19.6 Å². The molecule has 1 heterocycles. The van der Waals surface area contributed by atoms with E-state index in [0.29, 0.717) is 0 Å². The molecule has 2 aliphatic rings. The Hall–Kier alpha value is -0.0800. The number of hydrogen-bond acceptors (Lipinski definition) is 2. The molecule has 2 heteroatoms. The summed E-state index contributed by atoms with van der Waals surface area (Å²) >= 11 is 0. The van der Waals surface area contributed by atoms with Gasteiger partial charge in [0, 0.05) is 12.6 Å². The van der Waals surface area contributed by atoms with Gasteiger partial charge in [-0.15, -0.1) is 0 Å². The highest BCUT2D eigenvalue weighted by Crippen LogP contribution is 2.34. The summed E-state index contributed by atoms with van der Waals surface area (Å²) in [6.45, 7) is 8.28. The lowest BCUT2D eigenvalue weighted by atomic mass is 9.95. The summed E-state index contributed by atoms with van der Waals surface area (Å²) < 4.78 is 0. The number of hydrogen-bond donors (Lipinski definition) is 1. The van der Waals surface area contributed by atoms with E-state index in [1.54, 1.807) is 0 Å². The molecule has 3 atom stereocenters. The molecule has 2 fully saturated rings. The van der Waals surface area contributed by atoms with Crippen LogP contribution in [0.25, 0.3) is 0 Å². The number of likely N-dealkylation sites (tertiary alicyclic amines) is 1. The van der Waals surface area contributed by atoms with Crippen molar-refractivity contribution in [1.82, 2.24) is 4.90 Å². The van der Waals surface area contributed by atoms with Crippen LogP contribution in [0.15, 0.2) is 0 Å². The molecule has 0 aromatic carbocycles. The van der Waals surface area contributed by atoms with Gasteiger partial charge in [-0.1, -0.05) is 20.3 Å². The molecule has 2 nitrogen and oxygen atoms in total. The number of nitrogens with two attached hydrogens (primary N) is 1. The highest BCUT2D eigenvalue weighted by atomic mass is 15.2. The Bertz CT molecular complexity index is 203. The van der Waals surface area contributed by atoms with Crippen molar-refractivity contribution < 1.29 is 0 Å². The highest BCUT2D eigenvalue weighted by Gasteiger charge is 2.35. The van der Waals surface area contributed by atoms with Gasteiger partial charge in [0.15, 0.2) is 0 Å². The van der Waals surface area contributed by atoms with Crippen molar-refractivity contribution >= 4 is 0 Å². The zero-order chi connectivity index (χ0) is 10.8. The van der Waals surface area contributed by atoms with Gasteiger partial charge in [0.2, 0.25) is 0 Å². The first kappa shape index (κ1) is 11.4. The van der Waals surface area contributed by atoms with Crippen LogP contribution in [0.5, 0.6) is 0 Å². The maximum atomic E-state index is 5.86. The van der Waals surface area contributed by atoms with Crippen LogP contribution in [-0.4, -0.2) is 30.6 Å². The molecular formula is C13H26N2. The molecule has 88 valence electrons. The Morgan fingerprint density at radius 3 is 2.67 bits per heavy atom. The van der Waals surface area contributed by atoms with Crippen LogP contribution in [0, 0.1) is 17.8 Å². The summed E-state index contributed by atoms with van der Waals surface area (Å²) in [5, 5.41) is 0. The predicted octanol–water partition coefficient (Wildman–Crippen LogP) is 2.09. The van der Waals surface area contributed by atoms with Gasteiger partial charge in [0.25, 0.3) is 0 Å². The second-order valence-electron chi connectivity index (χ2n) is 5.78. The highest BCUT2D eigenvalue weighted by molar-refractivity contribution is 4.90. The summed E-state index contributed by atoms with van der Waals surface area (Å²) in [6, 6.07) is 0.818. The van der Waals surface area contributed by atoms with Gasteiger partial charge in [-0.2, -0.15) is 0 Å². The maximum absolute atomic E-state index is 5.86. The van der Waals surface area contributed by atoms with Gasteiger partial charge in [-0.05, 0) is 50.1 Å². The van der Waals surface area contributed by atoms with Crippen LogP contribution in [0.2, 0.25) is 0 Å². The third-order valence-electron chi connectivity index (χ3n) is 4.59. The molecule has 0 amide bonds. The van der Waals surface area contributed by atoms with E-state index in [1.165, 1.54) is 38.8 Å². The second-order valence-corrected chi connectivity index (χ2v) is 5.78. The molecule has 0 radical (unpaired) electrons. The molecule has 0 spiro atoms. The third kappa shape index (κ3) is 2.36. The van der Waals surface area contributed by atoms with Gasteiger partial charge >= 0.3 is 0 Å². The van der Waals surface area contributed by atoms with E-state index >= 15 is 0 Å². The number of nitrogens with zero attached hydrogens (tertiary/aromatic N) is 1. The summed E-state index contributed by atoms with van der Waals surface area (Å²) in [7, 11) is 0. The van der Waals surface area contributed by atoms with Crippen LogP contribution in [0.1, 0.15) is 39.5 Å². The molecule has 1 saturated heterocycles. The lowest BCUT2D eigenvalue weighted by molar-refractivity contribution is 0.187. The normalized spacial score (nSPS) is 38.0. The van der Waals surface area contributed by atoms with E-state index in [1.807, 2.05) is 0 Å². The van der Waals surface area contributed by atoms with Crippen LogP contribution < -0.4 is 5.73 Å². The summed E-state index contributed by atoms with van der Waals surface area (Å²) in [4.78, 5) is 2.73. The minimum atomic E-state index is 0.788. The van der Waals surface area contributed by atoms with Crippen molar-refractivity contribution in [3.05, 3.63) is 0 Å². The molecule has 1 aliphatic carbocycles. The van der Waals surface area contributed by atoms with Gasteiger partial charge in [0.05, 0.1) is 0 Å². The quantitative estimate of drug-likeness (QED) is 0.773. The monoisotopic (exact) mass is 210 g/mol. The summed E-state index contributed by atoms with van der Waals surface area (Å²) in [6.07, 6.45) is 5.57. The van der Waals surface area contributed by atoms with E-state index in [0.717, 1.165) is 30.3 Å². The average Bonchev–Trinajstić information content (AvgIpc) is 2.85. The Morgan fingerprint density at radius 2 is 2.07 bits per heavy atom.